The largest absolute Gasteiger partial charge is 0.465 e. The normalized spacial score (nSPS) is 12.0. The molecule has 0 aliphatic carbocycles. The lowest BCUT2D eigenvalue weighted by atomic mass is 9.93. The van der Waals surface area contributed by atoms with Gasteiger partial charge >= 0.3 is 5.97 Å². The second-order valence-electron chi connectivity index (χ2n) is 7.05. The average molecular weight is 345 g/mol. The summed E-state index contributed by atoms with van der Waals surface area (Å²) in [6.07, 6.45) is 2.36. The monoisotopic (exact) mass is 345 g/mol. The van der Waals surface area contributed by atoms with E-state index in [4.69, 9.17) is 16.2 Å². The number of aromatic nitrogens is 1. The number of fused-ring (bicyclic) bond motifs is 1. The van der Waals surface area contributed by atoms with Gasteiger partial charge in [-0.05, 0) is 30.9 Å². The fourth-order valence-corrected chi connectivity index (χ4v) is 1.80. The van der Waals surface area contributed by atoms with E-state index in [9.17, 15) is 9.59 Å². The average Bonchev–Trinajstić information content (AvgIpc) is 2.53. The number of carbonyl (C=O) groups excluding carboxylic acids is 2. The molecule has 6 nitrogen and oxygen atoms in total. The zero-order chi connectivity index (χ0) is 19.0. The van der Waals surface area contributed by atoms with E-state index in [1.54, 1.807) is 13.0 Å². The number of para-hydroxylation sites is 1. The van der Waals surface area contributed by atoms with Crippen LogP contribution in [0.5, 0.6) is 0 Å². The molecule has 25 heavy (non-hydrogen) atoms. The minimum absolute atomic E-state index is 0.206. The number of hydrogen-bond donors (Lipinski definition) is 2. The van der Waals surface area contributed by atoms with Gasteiger partial charge < -0.3 is 16.2 Å². The van der Waals surface area contributed by atoms with Crippen LogP contribution in [0.25, 0.3) is 10.9 Å². The van der Waals surface area contributed by atoms with Gasteiger partial charge in [-0.3, -0.25) is 14.6 Å². The predicted molar refractivity (Wildman–Crippen MR) is 98.9 cm³/mol. The van der Waals surface area contributed by atoms with Gasteiger partial charge in [0, 0.05) is 11.6 Å². The summed E-state index contributed by atoms with van der Waals surface area (Å²) < 4.78 is 4.92. The van der Waals surface area contributed by atoms with Gasteiger partial charge in [-0.25, -0.2) is 0 Å². The summed E-state index contributed by atoms with van der Waals surface area (Å²) in [7, 11) is 0. The van der Waals surface area contributed by atoms with Crippen LogP contribution < -0.4 is 11.5 Å². The third kappa shape index (κ3) is 7.76. The van der Waals surface area contributed by atoms with Crippen LogP contribution in [0, 0.1) is 5.41 Å². The van der Waals surface area contributed by atoms with Crippen molar-refractivity contribution in [2.24, 2.45) is 16.9 Å². The molecule has 1 aromatic heterocycles. The Balaban J connectivity index is 0.000000252. The van der Waals surface area contributed by atoms with Crippen molar-refractivity contribution >= 4 is 22.8 Å². The minimum Gasteiger partial charge on any atom is -0.465 e. The molecular formula is C19H27N3O3. The Hall–Kier alpha value is -2.47. The smallest absolute Gasteiger partial charge is 0.322 e. The van der Waals surface area contributed by atoms with Gasteiger partial charge in [0.15, 0.2) is 0 Å². The van der Waals surface area contributed by atoms with E-state index < -0.39 is 11.9 Å². The summed E-state index contributed by atoms with van der Waals surface area (Å²) >= 11 is 0. The molecule has 0 aliphatic rings. The first-order chi connectivity index (χ1) is 11.6. The molecule has 2 aromatic rings. The third-order valence-electron chi connectivity index (χ3n) is 3.34. The fraction of sp³-hybridized carbons (Fsp3) is 0.421. The molecule has 0 spiro atoms. The summed E-state index contributed by atoms with van der Waals surface area (Å²) in [6.45, 7) is 8.40. The van der Waals surface area contributed by atoms with Crippen LogP contribution in [0.3, 0.4) is 0 Å². The van der Waals surface area contributed by atoms with Gasteiger partial charge in [-0.1, -0.05) is 39.0 Å². The summed E-state index contributed by atoms with van der Waals surface area (Å²) in [5.74, 6) is -0.766. The number of hydrogen-bond acceptors (Lipinski definition) is 5. The topological polar surface area (TPSA) is 108 Å². The lowest BCUT2D eigenvalue weighted by Crippen LogP contribution is -2.29. The molecule has 136 valence electrons. The van der Waals surface area contributed by atoms with Crippen molar-refractivity contribution in [2.45, 2.75) is 40.2 Å². The van der Waals surface area contributed by atoms with Crippen molar-refractivity contribution in [3.05, 3.63) is 42.1 Å². The van der Waals surface area contributed by atoms with Crippen LogP contribution in [-0.2, 0) is 9.53 Å². The predicted octanol–water partition coefficient (Wildman–Crippen LogP) is 2.65. The highest BCUT2D eigenvalue weighted by Crippen LogP contribution is 2.17. The summed E-state index contributed by atoms with van der Waals surface area (Å²) in [5, 5.41) is 0.929. The molecule has 0 fully saturated rings. The van der Waals surface area contributed by atoms with E-state index in [0.29, 0.717) is 12.2 Å². The number of nitrogens with two attached hydrogens (primary N) is 2. The Morgan fingerprint density at radius 2 is 1.88 bits per heavy atom. The Kier molecular flexibility index (Phi) is 7.51. The number of rotatable bonds is 4. The van der Waals surface area contributed by atoms with Crippen molar-refractivity contribution in [3.63, 3.8) is 0 Å². The highest BCUT2D eigenvalue weighted by molar-refractivity contribution is 5.96. The van der Waals surface area contributed by atoms with E-state index >= 15 is 0 Å². The van der Waals surface area contributed by atoms with Crippen molar-refractivity contribution in [2.75, 3.05) is 6.61 Å². The quantitative estimate of drug-likeness (QED) is 0.828. The molecule has 0 radical (unpaired) electrons. The van der Waals surface area contributed by atoms with Gasteiger partial charge in [0.25, 0.3) is 0 Å². The number of amides is 1. The van der Waals surface area contributed by atoms with Gasteiger partial charge in [0.2, 0.25) is 5.91 Å². The maximum atomic E-state index is 10.9. The Morgan fingerprint density at radius 3 is 2.44 bits per heavy atom. The molecule has 4 N–H and O–H groups in total. The van der Waals surface area contributed by atoms with Crippen molar-refractivity contribution in [1.29, 1.82) is 0 Å². The SMILES string of the molecule is C[C@H](N)C(=O)OCCC(C)(C)C.NC(=O)c1cnc2ccccc2c1. The molecule has 0 aliphatic heterocycles. The lowest BCUT2D eigenvalue weighted by molar-refractivity contribution is -0.145. The third-order valence-corrected chi connectivity index (χ3v) is 3.34. The molecule has 1 amide bonds. The number of nitrogens with zero attached hydrogens (tertiary/aromatic N) is 1. The zero-order valence-corrected chi connectivity index (χ0v) is 15.3. The van der Waals surface area contributed by atoms with E-state index in [1.165, 1.54) is 6.20 Å². The van der Waals surface area contributed by atoms with E-state index in [-0.39, 0.29) is 11.4 Å². The number of pyridine rings is 1. The van der Waals surface area contributed by atoms with Crippen LogP contribution in [0.15, 0.2) is 36.5 Å². The Labute approximate surface area is 148 Å². The fourth-order valence-electron chi connectivity index (χ4n) is 1.80. The van der Waals surface area contributed by atoms with Crippen molar-refractivity contribution < 1.29 is 14.3 Å². The standard InChI is InChI=1S/C10H8N2O.C9H19NO2/c11-10(13)8-5-7-3-1-2-4-9(7)12-6-8;1-7(10)8(11)12-6-5-9(2,3)4/h1-6H,(H2,11,13);7H,5-6,10H2,1-4H3/t;7-/m.0/s1. The molecule has 1 aromatic carbocycles. The Morgan fingerprint density at radius 1 is 1.24 bits per heavy atom. The number of esters is 1. The maximum absolute atomic E-state index is 10.9. The highest BCUT2D eigenvalue weighted by atomic mass is 16.5. The lowest BCUT2D eigenvalue weighted by Gasteiger charge is -2.17. The maximum Gasteiger partial charge on any atom is 0.322 e. The second kappa shape index (κ2) is 9.13. The molecule has 0 bridgehead atoms. The summed E-state index contributed by atoms with van der Waals surface area (Å²) in [4.78, 5) is 25.8. The number of primary amides is 1. The molecule has 1 heterocycles. The molecule has 2 rings (SSSR count). The Bertz CT molecular complexity index is 721. The van der Waals surface area contributed by atoms with Gasteiger partial charge in [0.05, 0.1) is 17.7 Å². The van der Waals surface area contributed by atoms with Crippen LogP contribution in [0.4, 0.5) is 0 Å². The van der Waals surface area contributed by atoms with Crippen molar-refractivity contribution in [3.8, 4) is 0 Å². The van der Waals surface area contributed by atoms with Gasteiger partial charge in [-0.2, -0.15) is 0 Å². The van der Waals surface area contributed by atoms with Gasteiger partial charge in [0.1, 0.15) is 6.04 Å². The molecule has 0 saturated heterocycles. The molecule has 0 unspecified atom stereocenters. The number of benzene rings is 1. The summed E-state index contributed by atoms with van der Waals surface area (Å²) in [6, 6.07) is 8.82. The second-order valence-corrected chi connectivity index (χ2v) is 7.05. The van der Waals surface area contributed by atoms with Crippen LogP contribution in [0.2, 0.25) is 0 Å². The summed E-state index contributed by atoms with van der Waals surface area (Å²) in [5.41, 5.74) is 12.0. The first kappa shape index (κ1) is 20.6. The zero-order valence-electron chi connectivity index (χ0n) is 15.3. The van der Waals surface area contributed by atoms with E-state index in [1.807, 2.05) is 24.3 Å². The number of carbonyl (C=O) groups is 2. The van der Waals surface area contributed by atoms with E-state index in [0.717, 1.165) is 17.3 Å². The van der Waals surface area contributed by atoms with Crippen LogP contribution in [0.1, 0.15) is 44.5 Å². The molecule has 1 atom stereocenters. The molecule has 0 saturated carbocycles. The molecule has 6 heteroatoms. The molecular weight excluding hydrogens is 318 g/mol. The van der Waals surface area contributed by atoms with Crippen molar-refractivity contribution in [1.82, 2.24) is 4.98 Å². The first-order valence-corrected chi connectivity index (χ1v) is 8.17. The minimum atomic E-state index is -0.509. The van der Waals surface area contributed by atoms with Crippen LogP contribution in [-0.4, -0.2) is 29.5 Å². The highest BCUT2D eigenvalue weighted by Gasteiger charge is 2.13. The first-order valence-electron chi connectivity index (χ1n) is 8.17. The van der Waals surface area contributed by atoms with Crippen LogP contribution >= 0.6 is 0 Å². The van der Waals surface area contributed by atoms with E-state index in [2.05, 4.69) is 25.8 Å². The van der Waals surface area contributed by atoms with Gasteiger partial charge in [-0.15, -0.1) is 0 Å². The number of ether oxygens (including phenoxy) is 1.